The third-order valence-electron chi connectivity index (χ3n) is 4.88. The summed E-state index contributed by atoms with van der Waals surface area (Å²) in [4.78, 5) is 24.7. The zero-order valence-electron chi connectivity index (χ0n) is 19.4. The number of hydrogen-bond acceptors (Lipinski definition) is 6. The quantitative estimate of drug-likeness (QED) is 0.338. The van der Waals surface area contributed by atoms with Gasteiger partial charge in [0.15, 0.2) is 11.9 Å². The normalized spacial score (nSPS) is 31.3. The molecule has 1 aliphatic rings. The first-order valence-corrected chi connectivity index (χ1v) is 10.4. The highest BCUT2D eigenvalue weighted by atomic mass is 16.6. The molecule has 0 spiro atoms. The first kappa shape index (κ1) is 26.8. The largest absolute Gasteiger partial charge is 0.452 e. The third kappa shape index (κ3) is 9.59. The average molecular weight is 433 g/mol. The summed E-state index contributed by atoms with van der Waals surface area (Å²) in [6, 6.07) is 0. The lowest BCUT2D eigenvalue weighted by Crippen LogP contribution is -2.39. The van der Waals surface area contributed by atoms with Crippen molar-refractivity contribution in [3.05, 3.63) is 59.8 Å². The highest BCUT2D eigenvalue weighted by Crippen LogP contribution is 2.32. The van der Waals surface area contributed by atoms with Crippen LogP contribution in [0.5, 0.6) is 0 Å². The SMILES string of the molecule is CC(C)=CC(=O)O[C@@H]1/C=C\[C@@](C)(C/C=C/C(C)(C)O)C/C=C(/CO)C(=O)/C=C\[C@@]1(C)O. The topological polar surface area (TPSA) is 104 Å². The number of hydrogen-bond donors (Lipinski definition) is 3. The van der Waals surface area contributed by atoms with Gasteiger partial charge in [-0.25, -0.2) is 4.79 Å². The number of rotatable bonds is 6. The molecule has 6 nitrogen and oxygen atoms in total. The van der Waals surface area contributed by atoms with E-state index in [2.05, 4.69) is 0 Å². The van der Waals surface area contributed by atoms with E-state index >= 15 is 0 Å². The van der Waals surface area contributed by atoms with Gasteiger partial charge in [-0.1, -0.05) is 36.8 Å². The van der Waals surface area contributed by atoms with Crippen molar-refractivity contribution < 1.29 is 29.6 Å². The Morgan fingerprint density at radius 1 is 1.29 bits per heavy atom. The first-order chi connectivity index (χ1) is 14.2. The molecule has 0 aromatic rings. The predicted molar refractivity (Wildman–Crippen MR) is 121 cm³/mol. The van der Waals surface area contributed by atoms with Crippen molar-refractivity contribution in [3.8, 4) is 0 Å². The van der Waals surface area contributed by atoms with Gasteiger partial charge in [-0.2, -0.15) is 0 Å². The van der Waals surface area contributed by atoms with Crippen LogP contribution in [0.3, 0.4) is 0 Å². The molecule has 6 heteroatoms. The summed E-state index contributed by atoms with van der Waals surface area (Å²) in [5, 5.41) is 30.5. The molecule has 0 aromatic heterocycles. The molecule has 0 bridgehead atoms. The second kappa shape index (κ2) is 10.8. The van der Waals surface area contributed by atoms with E-state index in [0.29, 0.717) is 12.8 Å². The molecule has 0 aliphatic heterocycles. The van der Waals surface area contributed by atoms with Gasteiger partial charge in [0.1, 0.15) is 5.60 Å². The van der Waals surface area contributed by atoms with E-state index in [0.717, 1.165) is 5.57 Å². The minimum Gasteiger partial charge on any atom is -0.452 e. The summed E-state index contributed by atoms with van der Waals surface area (Å²) >= 11 is 0. The van der Waals surface area contributed by atoms with Crippen LogP contribution in [0, 0.1) is 5.41 Å². The lowest BCUT2D eigenvalue weighted by Gasteiger charge is -2.29. The second-order valence-corrected chi connectivity index (χ2v) is 9.37. The van der Waals surface area contributed by atoms with Gasteiger partial charge in [0.05, 0.1) is 12.2 Å². The van der Waals surface area contributed by atoms with Crippen molar-refractivity contribution in [2.24, 2.45) is 5.41 Å². The number of aliphatic hydroxyl groups excluding tert-OH is 1. The Bertz CT molecular complexity index is 800. The Labute approximate surface area is 185 Å². The number of esters is 1. The summed E-state index contributed by atoms with van der Waals surface area (Å²) in [5.74, 6) is -1.02. The van der Waals surface area contributed by atoms with Crippen LogP contribution >= 0.6 is 0 Å². The van der Waals surface area contributed by atoms with Crippen molar-refractivity contribution in [1.29, 1.82) is 0 Å². The van der Waals surface area contributed by atoms with E-state index in [1.165, 1.54) is 25.2 Å². The highest BCUT2D eigenvalue weighted by molar-refractivity contribution is 6.04. The molecule has 0 amide bonds. The Hall–Kier alpha value is -2.28. The molecule has 0 unspecified atom stereocenters. The lowest BCUT2D eigenvalue weighted by molar-refractivity contribution is -0.148. The van der Waals surface area contributed by atoms with Gasteiger partial charge in [-0.05, 0) is 71.1 Å². The standard InChI is InChI=1S/C25H36O6/c1-18(2)16-22(28)31-21-10-14-24(5,12-7-11-23(3,4)29)13-8-19(17-26)20(27)9-15-25(21,6)30/h7-11,14-16,21,26,29-30H,12-13,17H2,1-6H3/b11-7+,14-10-,15-9-,19-8-/t21-,24+,25-/m1/s1. The summed E-state index contributed by atoms with van der Waals surface area (Å²) < 4.78 is 5.49. The molecule has 0 aromatic carbocycles. The maximum atomic E-state index is 12.5. The van der Waals surface area contributed by atoms with Crippen LogP contribution in [0.2, 0.25) is 0 Å². The van der Waals surface area contributed by atoms with Gasteiger partial charge in [0.25, 0.3) is 0 Å². The molecule has 172 valence electrons. The summed E-state index contributed by atoms with van der Waals surface area (Å²) in [6.45, 7) is 9.84. The Morgan fingerprint density at radius 2 is 1.94 bits per heavy atom. The number of carbonyl (C=O) groups excluding carboxylic acids is 2. The van der Waals surface area contributed by atoms with Gasteiger partial charge in [-0.15, -0.1) is 0 Å². The van der Waals surface area contributed by atoms with E-state index in [1.54, 1.807) is 45.9 Å². The first-order valence-electron chi connectivity index (χ1n) is 10.4. The number of carbonyl (C=O) groups is 2. The molecular weight excluding hydrogens is 396 g/mol. The molecule has 0 radical (unpaired) electrons. The molecule has 1 rings (SSSR count). The maximum Gasteiger partial charge on any atom is 0.331 e. The Morgan fingerprint density at radius 3 is 2.48 bits per heavy atom. The second-order valence-electron chi connectivity index (χ2n) is 9.37. The molecule has 0 saturated carbocycles. The predicted octanol–water partition coefficient (Wildman–Crippen LogP) is 3.34. The van der Waals surface area contributed by atoms with E-state index in [9.17, 15) is 24.9 Å². The van der Waals surface area contributed by atoms with Crippen LogP contribution < -0.4 is 0 Å². The van der Waals surface area contributed by atoms with Crippen LogP contribution in [0.15, 0.2) is 59.8 Å². The van der Waals surface area contributed by atoms with Crippen molar-refractivity contribution >= 4 is 11.8 Å². The lowest BCUT2D eigenvalue weighted by atomic mass is 9.81. The zero-order chi connectivity index (χ0) is 23.9. The van der Waals surface area contributed by atoms with Gasteiger partial charge in [-0.3, -0.25) is 4.79 Å². The Kier molecular flexibility index (Phi) is 9.36. The van der Waals surface area contributed by atoms with Crippen LogP contribution in [0.4, 0.5) is 0 Å². The molecule has 3 atom stereocenters. The summed E-state index contributed by atoms with van der Waals surface area (Å²) in [5.41, 5.74) is -2.16. The minimum atomic E-state index is -1.65. The fraction of sp³-hybridized carbons (Fsp3) is 0.520. The number of aliphatic hydroxyl groups is 3. The molecule has 1 aliphatic carbocycles. The Balaban J connectivity index is 3.42. The number of allylic oxidation sites excluding steroid dienone is 5. The van der Waals surface area contributed by atoms with Crippen molar-refractivity contribution in [3.63, 3.8) is 0 Å². The number of ether oxygens (including phenoxy) is 1. The smallest absolute Gasteiger partial charge is 0.331 e. The van der Waals surface area contributed by atoms with Crippen LogP contribution in [-0.2, 0) is 14.3 Å². The highest BCUT2D eigenvalue weighted by Gasteiger charge is 2.32. The fourth-order valence-electron chi connectivity index (χ4n) is 2.95. The van der Waals surface area contributed by atoms with Gasteiger partial charge < -0.3 is 20.1 Å². The van der Waals surface area contributed by atoms with Crippen molar-refractivity contribution in [1.82, 2.24) is 0 Å². The van der Waals surface area contributed by atoms with E-state index < -0.39 is 41.1 Å². The van der Waals surface area contributed by atoms with Crippen molar-refractivity contribution in [2.75, 3.05) is 6.61 Å². The van der Waals surface area contributed by atoms with E-state index in [-0.39, 0.29) is 5.57 Å². The molecule has 0 fully saturated rings. The fourth-order valence-corrected chi connectivity index (χ4v) is 2.95. The monoisotopic (exact) mass is 432 g/mol. The minimum absolute atomic E-state index is 0.220. The van der Waals surface area contributed by atoms with Crippen LogP contribution in [0.25, 0.3) is 0 Å². The average Bonchev–Trinajstić information content (AvgIpc) is 2.63. The van der Waals surface area contributed by atoms with Gasteiger partial charge in [0, 0.05) is 11.6 Å². The molecular formula is C25H36O6. The maximum absolute atomic E-state index is 12.5. The van der Waals surface area contributed by atoms with Crippen molar-refractivity contribution in [2.45, 2.75) is 71.7 Å². The van der Waals surface area contributed by atoms with Gasteiger partial charge >= 0.3 is 5.97 Å². The van der Waals surface area contributed by atoms with Gasteiger partial charge in [0.2, 0.25) is 0 Å². The molecule has 31 heavy (non-hydrogen) atoms. The number of ketones is 1. The third-order valence-corrected chi connectivity index (χ3v) is 4.88. The van der Waals surface area contributed by atoms with Crippen LogP contribution in [-0.4, -0.2) is 51.0 Å². The summed E-state index contributed by atoms with van der Waals surface area (Å²) in [6.07, 6.45) is 12.4. The summed E-state index contributed by atoms with van der Waals surface area (Å²) in [7, 11) is 0. The molecule has 0 heterocycles. The molecule has 3 N–H and O–H groups in total. The van der Waals surface area contributed by atoms with E-state index in [1.807, 2.05) is 19.1 Å². The zero-order valence-corrected chi connectivity index (χ0v) is 19.4. The molecule has 0 saturated heterocycles. The van der Waals surface area contributed by atoms with Crippen LogP contribution in [0.1, 0.15) is 54.4 Å². The van der Waals surface area contributed by atoms with E-state index in [4.69, 9.17) is 4.74 Å².